The first kappa shape index (κ1) is 21.5. The van der Waals surface area contributed by atoms with Gasteiger partial charge in [-0.3, -0.25) is 9.69 Å². The maximum atomic E-state index is 13.2. The number of hydrogen-bond acceptors (Lipinski definition) is 4. The summed E-state index contributed by atoms with van der Waals surface area (Å²) in [5.41, 5.74) is 0. The van der Waals surface area contributed by atoms with E-state index < -0.39 is 37.1 Å². The maximum absolute atomic E-state index is 13.2. The van der Waals surface area contributed by atoms with Crippen LogP contribution in [-0.4, -0.2) is 62.4 Å². The summed E-state index contributed by atoms with van der Waals surface area (Å²) >= 11 is 0. The number of carbonyl (C=O) groups excluding carboxylic acids is 1. The molecule has 10 heteroatoms. The smallest absolute Gasteiger partial charge is 0.405 e. The third-order valence-electron chi connectivity index (χ3n) is 3.65. The van der Waals surface area contributed by atoms with E-state index in [2.05, 4.69) is 10.6 Å². The van der Waals surface area contributed by atoms with E-state index in [0.717, 1.165) is 12.1 Å². The van der Waals surface area contributed by atoms with Crippen LogP contribution in [0.4, 0.5) is 17.6 Å². The van der Waals surface area contributed by atoms with Crippen LogP contribution in [0.5, 0.6) is 5.75 Å². The van der Waals surface area contributed by atoms with Crippen molar-refractivity contribution in [2.24, 2.45) is 0 Å². The van der Waals surface area contributed by atoms with Crippen molar-refractivity contribution in [2.45, 2.75) is 12.2 Å². The molecule has 25 heavy (non-hydrogen) atoms. The molecule has 0 bridgehead atoms. The molecule has 0 spiro atoms. The van der Waals surface area contributed by atoms with Gasteiger partial charge in [0.2, 0.25) is 0 Å². The number of carbonyl (C=O) groups is 1. The lowest BCUT2D eigenvalue weighted by atomic mass is 10.2. The summed E-state index contributed by atoms with van der Waals surface area (Å²) < 4.78 is 57.3. The first-order valence-corrected chi connectivity index (χ1v) is 7.53. The van der Waals surface area contributed by atoms with Crippen molar-refractivity contribution in [3.8, 4) is 5.75 Å². The summed E-state index contributed by atoms with van der Waals surface area (Å²) in [6, 6.07) is 3.27. The van der Waals surface area contributed by atoms with Crippen LogP contribution in [0.2, 0.25) is 0 Å². The lowest BCUT2D eigenvalue weighted by molar-refractivity contribution is -0.184. The predicted molar refractivity (Wildman–Crippen MR) is 86.4 cm³/mol. The highest BCUT2D eigenvalue weighted by Crippen LogP contribution is 2.24. The number of ether oxygens (including phenoxy) is 1. The molecule has 0 aromatic heterocycles. The van der Waals surface area contributed by atoms with E-state index >= 15 is 0 Å². The fraction of sp³-hybridized carbons (Fsp3) is 0.533. The zero-order valence-corrected chi connectivity index (χ0v) is 14.1. The first-order chi connectivity index (χ1) is 11.4. The van der Waals surface area contributed by atoms with Gasteiger partial charge in [0.05, 0.1) is 0 Å². The van der Waals surface area contributed by atoms with Gasteiger partial charge in [0.1, 0.15) is 17.6 Å². The second kappa shape index (κ2) is 9.79. The number of nitrogens with one attached hydrogen (secondary N) is 2. The topological polar surface area (TPSA) is 53.6 Å². The number of halogens is 5. The molecule has 5 nitrogen and oxygen atoms in total. The SMILES string of the molecule is Cl.O=C(COc1ccc(F)cc1)NCC(N1CCNCC1)C(F)(F)F. The van der Waals surface area contributed by atoms with Crippen LogP contribution in [0.1, 0.15) is 0 Å². The van der Waals surface area contributed by atoms with Gasteiger partial charge in [0.15, 0.2) is 6.61 Å². The average Bonchev–Trinajstić information content (AvgIpc) is 2.54. The van der Waals surface area contributed by atoms with E-state index in [4.69, 9.17) is 4.74 Å². The van der Waals surface area contributed by atoms with Gasteiger partial charge in [-0.05, 0) is 24.3 Å². The predicted octanol–water partition coefficient (Wildman–Crippen LogP) is 1.58. The Kier molecular flexibility index (Phi) is 8.40. The Morgan fingerprint density at radius 2 is 1.84 bits per heavy atom. The molecule has 2 rings (SSSR count). The fourth-order valence-electron chi connectivity index (χ4n) is 2.39. The normalized spacial score (nSPS) is 16.6. The molecule has 1 atom stereocenters. The molecular weight excluding hydrogens is 366 g/mol. The number of alkyl halides is 3. The molecule has 1 heterocycles. The van der Waals surface area contributed by atoms with Crippen LogP contribution in [0.15, 0.2) is 24.3 Å². The molecule has 1 unspecified atom stereocenters. The summed E-state index contributed by atoms with van der Waals surface area (Å²) in [5.74, 6) is -0.847. The summed E-state index contributed by atoms with van der Waals surface area (Å²) in [7, 11) is 0. The molecule has 1 aliphatic heterocycles. The van der Waals surface area contributed by atoms with Gasteiger partial charge in [-0.15, -0.1) is 12.4 Å². The number of piperazine rings is 1. The Hall–Kier alpha value is -1.58. The molecule has 1 amide bonds. The second-order valence-electron chi connectivity index (χ2n) is 5.39. The number of benzene rings is 1. The maximum Gasteiger partial charge on any atom is 0.405 e. The van der Waals surface area contributed by atoms with Crippen molar-refractivity contribution in [3.63, 3.8) is 0 Å². The van der Waals surface area contributed by atoms with Gasteiger partial charge < -0.3 is 15.4 Å². The second-order valence-corrected chi connectivity index (χ2v) is 5.39. The Morgan fingerprint density at radius 1 is 1.24 bits per heavy atom. The minimum absolute atomic E-state index is 0. The highest BCUT2D eigenvalue weighted by molar-refractivity contribution is 5.85. The summed E-state index contributed by atoms with van der Waals surface area (Å²) in [6.45, 7) is 0.535. The molecular formula is C15H20ClF4N3O2. The average molecular weight is 386 g/mol. The molecule has 0 radical (unpaired) electrons. The van der Waals surface area contributed by atoms with Gasteiger partial charge in [-0.2, -0.15) is 13.2 Å². The van der Waals surface area contributed by atoms with Gasteiger partial charge in [0.25, 0.3) is 5.91 Å². The standard InChI is InChI=1S/C15H19F4N3O2.ClH/c16-11-1-3-12(4-2-11)24-10-14(23)21-9-13(15(17,18)19)22-7-5-20-6-8-22;/h1-4,13,20H,5-10H2,(H,21,23);1H. The molecule has 0 aliphatic carbocycles. The Labute approximate surface area is 149 Å². The highest BCUT2D eigenvalue weighted by Gasteiger charge is 2.43. The van der Waals surface area contributed by atoms with Gasteiger partial charge in [-0.25, -0.2) is 4.39 Å². The van der Waals surface area contributed by atoms with Crippen molar-refractivity contribution in [2.75, 3.05) is 39.3 Å². The number of amides is 1. The van der Waals surface area contributed by atoms with E-state index in [1.807, 2.05) is 0 Å². The Morgan fingerprint density at radius 3 is 2.40 bits per heavy atom. The van der Waals surface area contributed by atoms with E-state index in [1.165, 1.54) is 17.0 Å². The first-order valence-electron chi connectivity index (χ1n) is 7.53. The van der Waals surface area contributed by atoms with Crippen LogP contribution >= 0.6 is 12.4 Å². The quantitative estimate of drug-likeness (QED) is 0.730. The number of hydrogen-bond donors (Lipinski definition) is 2. The fourth-order valence-corrected chi connectivity index (χ4v) is 2.39. The van der Waals surface area contributed by atoms with Crippen molar-refractivity contribution < 1.29 is 27.1 Å². The minimum atomic E-state index is -4.43. The van der Waals surface area contributed by atoms with Crippen molar-refractivity contribution in [3.05, 3.63) is 30.1 Å². The van der Waals surface area contributed by atoms with Crippen molar-refractivity contribution in [1.82, 2.24) is 15.5 Å². The third kappa shape index (κ3) is 7.05. The monoisotopic (exact) mass is 385 g/mol. The third-order valence-corrected chi connectivity index (χ3v) is 3.65. The van der Waals surface area contributed by atoms with E-state index in [-0.39, 0.29) is 31.2 Å². The highest BCUT2D eigenvalue weighted by atomic mass is 35.5. The van der Waals surface area contributed by atoms with Crippen LogP contribution in [0, 0.1) is 5.82 Å². The molecule has 1 fully saturated rings. The summed E-state index contributed by atoms with van der Waals surface area (Å²) in [4.78, 5) is 13.0. The van der Waals surface area contributed by atoms with E-state index in [0.29, 0.717) is 13.1 Å². The molecule has 2 N–H and O–H groups in total. The van der Waals surface area contributed by atoms with Crippen molar-refractivity contribution in [1.29, 1.82) is 0 Å². The summed E-state index contributed by atoms with van der Waals surface area (Å²) in [6.07, 6.45) is -4.43. The lowest BCUT2D eigenvalue weighted by Crippen LogP contribution is -2.57. The van der Waals surface area contributed by atoms with Gasteiger partial charge in [0, 0.05) is 32.7 Å². The number of rotatable bonds is 6. The largest absolute Gasteiger partial charge is 0.484 e. The number of nitrogens with zero attached hydrogens (tertiary/aromatic N) is 1. The van der Waals surface area contributed by atoms with Gasteiger partial charge >= 0.3 is 6.18 Å². The molecule has 142 valence electrons. The minimum Gasteiger partial charge on any atom is -0.484 e. The van der Waals surface area contributed by atoms with E-state index in [9.17, 15) is 22.4 Å². The molecule has 1 saturated heterocycles. The van der Waals surface area contributed by atoms with E-state index in [1.54, 1.807) is 0 Å². The van der Waals surface area contributed by atoms with Crippen LogP contribution < -0.4 is 15.4 Å². The zero-order valence-electron chi connectivity index (χ0n) is 13.3. The molecule has 0 saturated carbocycles. The molecule has 1 aromatic rings. The van der Waals surface area contributed by atoms with Crippen LogP contribution in [0.25, 0.3) is 0 Å². The molecule has 1 aliphatic rings. The van der Waals surface area contributed by atoms with Crippen molar-refractivity contribution >= 4 is 18.3 Å². The molecule has 1 aromatic carbocycles. The summed E-state index contributed by atoms with van der Waals surface area (Å²) in [5, 5.41) is 5.23. The zero-order chi connectivity index (χ0) is 17.6. The lowest BCUT2D eigenvalue weighted by Gasteiger charge is -2.35. The van der Waals surface area contributed by atoms with Crippen LogP contribution in [-0.2, 0) is 4.79 Å². The van der Waals surface area contributed by atoms with Crippen LogP contribution in [0.3, 0.4) is 0 Å². The Bertz CT molecular complexity index is 537. The Balaban J connectivity index is 0.00000312. The van der Waals surface area contributed by atoms with Gasteiger partial charge in [-0.1, -0.05) is 0 Å².